The van der Waals surface area contributed by atoms with E-state index in [0.29, 0.717) is 16.5 Å². The van der Waals surface area contributed by atoms with Crippen LogP contribution in [0.4, 0.5) is 0 Å². The van der Waals surface area contributed by atoms with Gasteiger partial charge in [0.15, 0.2) is 11.8 Å². The molecule has 0 atom stereocenters. The van der Waals surface area contributed by atoms with E-state index in [-0.39, 0.29) is 24.0 Å². The highest BCUT2D eigenvalue weighted by Crippen LogP contribution is 2.42. The zero-order valence-corrected chi connectivity index (χ0v) is 17.7. The minimum absolute atomic E-state index is 0. The largest absolute Gasteiger partial charge is 0.356 e. The van der Waals surface area contributed by atoms with Crippen LogP contribution in [0.2, 0.25) is 0 Å². The van der Waals surface area contributed by atoms with Crippen molar-refractivity contribution in [3.8, 4) is 0 Å². The lowest BCUT2D eigenvalue weighted by Gasteiger charge is -2.45. The van der Waals surface area contributed by atoms with E-state index in [1.165, 1.54) is 37.9 Å². The third kappa shape index (κ3) is 5.00. The molecule has 1 aliphatic carbocycles. The first-order valence-corrected chi connectivity index (χ1v) is 9.58. The van der Waals surface area contributed by atoms with Crippen molar-refractivity contribution in [1.29, 1.82) is 0 Å². The predicted molar refractivity (Wildman–Crippen MR) is 109 cm³/mol. The van der Waals surface area contributed by atoms with Crippen molar-refractivity contribution >= 4 is 41.7 Å². The molecular weight excluding hydrogens is 437 g/mol. The van der Waals surface area contributed by atoms with Gasteiger partial charge in [-0.25, -0.2) is 0 Å². The van der Waals surface area contributed by atoms with E-state index in [9.17, 15) is 0 Å². The maximum Gasteiger partial charge on any atom is 0.228 e. The molecule has 2 heterocycles. The summed E-state index contributed by atoms with van der Waals surface area (Å²) in [7, 11) is 1.87. The van der Waals surface area contributed by atoms with Gasteiger partial charge in [-0.05, 0) is 19.8 Å². The molecule has 2 fully saturated rings. The second-order valence-corrected chi connectivity index (χ2v) is 8.04. The number of halogens is 1. The first-order valence-electron chi connectivity index (χ1n) is 8.59. The summed E-state index contributed by atoms with van der Waals surface area (Å²) < 4.78 is 5.61. The molecule has 3 rings (SSSR count). The Bertz CT molecular complexity index is 539. The summed E-state index contributed by atoms with van der Waals surface area (Å²) in [5, 5.41) is 7.28. The van der Waals surface area contributed by atoms with Crippen molar-refractivity contribution < 1.29 is 4.52 Å². The van der Waals surface area contributed by atoms with Crippen molar-refractivity contribution in [2.45, 2.75) is 50.2 Å². The first kappa shape index (κ1) is 19.8. The van der Waals surface area contributed by atoms with Crippen molar-refractivity contribution in [2.24, 2.45) is 4.99 Å². The Balaban J connectivity index is 0.00000208. The number of thioether (sulfide) groups is 1. The molecule has 0 bridgehead atoms. The molecular formula is C16H28IN5OS. The highest BCUT2D eigenvalue weighted by Gasteiger charge is 2.38. The van der Waals surface area contributed by atoms with Crippen LogP contribution in [0.3, 0.4) is 0 Å². The van der Waals surface area contributed by atoms with Gasteiger partial charge in [-0.15, -0.1) is 24.0 Å². The van der Waals surface area contributed by atoms with Crippen LogP contribution in [0.15, 0.2) is 9.52 Å². The van der Waals surface area contributed by atoms with Crippen LogP contribution in [0, 0.1) is 6.92 Å². The summed E-state index contributed by atoms with van der Waals surface area (Å²) in [6, 6.07) is 0. The Morgan fingerprint density at radius 3 is 2.83 bits per heavy atom. The van der Waals surface area contributed by atoms with Gasteiger partial charge in [0.2, 0.25) is 5.89 Å². The minimum atomic E-state index is 0. The average molecular weight is 465 g/mol. The summed E-state index contributed by atoms with van der Waals surface area (Å²) in [5.74, 6) is 3.58. The van der Waals surface area contributed by atoms with E-state index in [4.69, 9.17) is 4.52 Å². The smallest absolute Gasteiger partial charge is 0.228 e. The molecule has 0 amide bonds. The Labute approximate surface area is 165 Å². The van der Waals surface area contributed by atoms with Crippen molar-refractivity contribution in [2.75, 3.05) is 32.4 Å². The van der Waals surface area contributed by atoms with Gasteiger partial charge in [0.25, 0.3) is 0 Å². The highest BCUT2D eigenvalue weighted by molar-refractivity contribution is 14.0. The number of aryl methyl sites for hydroxylation is 1. The van der Waals surface area contributed by atoms with E-state index >= 15 is 0 Å². The molecule has 1 N–H and O–H groups in total. The molecule has 8 heteroatoms. The van der Waals surface area contributed by atoms with Crippen molar-refractivity contribution in [3.63, 3.8) is 0 Å². The standard InChI is InChI=1S/C16H27N5OS.HI/c1-13-19-14(22-20-13)6-9-18-15(17-2)21-10-11-23-16(12-21)7-4-3-5-8-16;/h3-12H2,1-2H3,(H,17,18);1H. The van der Waals surface area contributed by atoms with Gasteiger partial charge in [0.05, 0.1) is 0 Å². The SMILES string of the molecule is CN=C(NCCc1nc(C)no1)N1CCSC2(CCCCC2)C1.I. The Morgan fingerprint density at radius 2 is 2.17 bits per heavy atom. The molecule has 136 valence electrons. The monoisotopic (exact) mass is 465 g/mol. The van der Waals surface area contributed by atoms with E-state index in [2.05, 4.69) is 37.1 Å². The quantitative estimate of drug-likeness (QED) is 0.421. The Morgan fingerprint density at radius 1 is 1.38 bits per heavy atom. The minimum Gasteiger partial charge on any atom is -0.356 e. The summed E-state index contributed by atoms with van der Waals surface area (Å²) in [6.45, 7) is 4.81. The number of hydrogen-bond acceptors (Lipinski definition) is 5. The maximum absolute atomic E-state index is 5.16. The molecule has 1 saturated carbocycles. The van der Waals surface area contributed by atoms with Crippen LogP contribution >= 0.6 is 35.7 Å². The topological polar surface area (TPSA) is 66.5 Å². The summed E-state index contributed by atoms with van der Waals surface area (Å²) in [4.78, 5) is 11.2. The van der Waals surface area contributed by atoms with Gasteiger partial charge in [-0.2, -0.15) is 16.7 Å². The molecule has 2 aliphatic rings. The molecule has 24 heavy (non-hydrogen) atoms. The zero-order valence-electron chi connectivity index (χ0n) is 14.6. The molecule has 1 spiro atoms. The predicted octanol–water partition coefficient (Wildman–Crippen LogP) is 2.87. The maximum atomic E-state index is 5.16. The first-order chi connectivity index (χ1) is 11.2. The zero-order chi connectivity index (χ0) is 16.1. The molecule has 6 nitrogen and oxygen atoms in total. The number of guanidine groups is 1. The molecule has 0 radical (unpaired) electrons. The third-order valence-corrected chi connectivity index (χ3v) is 6.25. The average Bonchev–Trinajstić information content (AvgIpc) is 2.98. The van der Waals surface area contributed by atoms with E-state index < -0.39 is 0 Å². The van der Waals surface area contributed by atoms with Crippen LogP contribution in [0.5, 0.6) is 0 Å². The van der Waals surface area contributed by atoms with Crippen LogP contribution in [0.25, 0.3) is 0 Å². The number of aromatic nitrogens is 2. The summed E-state index contributed by atoms with van der Waals surface area (Å²) in [6.07, 6.45) is 7.60. The number of rotatable bonds is 3. The highest BCUT2D eigenvalue weighted by atomic mass is 127. The van der Waals surface area contributed by atoms with Crippen LogP contribution in [-0.4, -0.2) is 58.2 Å². The van der Waals surface area contributed by atoms with Crippen LogP contribution in [-0.2, 0) is 6.42 Å². The Hall–Kier alpha value is -0.510. The van der Waals surface area contributed by atoms with Gasteiger partial charge in [-0.3, -0.25) is 4.99 Å². The second kappa shape index (κ2) is 9.26. The van der Waals surface area contributed by atoms with E-state index in [1.54, 1.807) is 0 Å². The number of hydrogen-bond donors (Lipinski definition) is 1. The lowest BCUT2D eigenvalue weighted by molar-refractivity contribution is 0.293. The normalized spacial score (nSPS) is 20.8. The second-order valence-electron chi connectivity index (χ2n) is 6.47. The van der Waals surface area contributed by atoms with Gasteiger partial charge in [-0.1, -0.05) is 24.4 Å². The molecule has 1 aromatic heterocycles. The lowest BCUT2D eigenvalue weighted by Crippen LogP contribution is -2.53. The lowest BCUT2D eigenvalue weighted by atomic mass is 9.87. The molecule has 1 saturated heterocycles. The number of nitrogens with zero attached hydrogens (tertiary/aromatic N) is 4. The van der Waals surface area contributed by atoms with Gasteiger partial charge in [0.1, 0.15) is 0 Å². The fraction of sp³-hybridized carbons (Fsp3) is 0.812. The summed E-state index contributed by atoms with van der Waals surface area (Å²) >= 11 is 2.18. The van der Waals surface area contributed by atoms with Gasteiger partial charge >= 0.3 is 0 Å². The van der Waals surface area contributed by atoms with E-state index in [1.807, 2.05) is 14.0 Å². The van der Waals surface area contributed by atoms with Gasteiger partial charge < -0.3 is 14.7 Å². The van der Waals surface area contributed by atoms with Crippen molar-refractivity contribution in [3.05, 3.63) is 11.7 Å². The molecule has 0 unspecified atom stereocenters. The molecule has 1 aromatic rings. The van der Waals surface area contributed by atoms with Crippen LogP contribution in [0.1, 0.15) is 43.8 Å². The summed E-state index contributed by atoms with van der Waals surface area (Å²) in [5.41, 5.74) is 0. The third-order valence-electron chi connectivity index (χ3n) is 4.72. The fourth-order valence-corrected chi connectivity index (χ4v) is 5.15. The van der Waals surface area contributed by atoms with Crippen LogP contribution < -0.4 is 5.32 Å². The molecule has 1 aliphatic heterocycles. The van der Waals surface area contributed by atoms with E-state index in [0.717, 1.165) is 32.0 Å². The Kier molecular flexibility index (Phi) is 7.64. The fourth-order valence-electron chi connectivity index (χ4n) is 3.58. The number of aliphatic imine (C=N–C) groups is 1. The number of nitrogens with one attached hydrogen (secondary N) is 1. The molecule has 0 aromatic carbocycles. The van der Waals surface area contributed by atoms with Gasteiger partial charge in [0, 0.05) is 43.6 Å². The van der Waals surface area contributed by atoms with Crippen molar-refractivity contribution in [1.82, 2.24) is 20.4 Å².